The molecular formula is C11H22N2O. The van der Waals surface area contributed by atoms with Crippen LogP contribution in [0.25, 0.3) is 0 Å². The van der Waals surface area contributed by atoms with Crippen LogP contribution in [-0.2, 0) is 4.79 Å². The maximum atomic E-state index is 11.8. The molecule has 0 aromatic rings. The molecule has 1 aliphatic heterocycles. The van der Waals surface area contributed by atoms with E-state index in [-0.39, 0.29) is 17.4 Å². The van der Waals surface area contributed by atoms with Crippen molar-refractivity contribution >= 4 is 5.91 Å². The van der Waals surface area contributed by atoms with Gasteiger partial charge in [-0.25, -0.2) is 0 Å². The standard InChI is InChI=1S/C11H22N2O/c1-8-5-9(7-12-6-8)10(14)13-11(2,3)4/h8-9,12H,5-7H2,1-4H3,(H,13,14). The van der Waals surface area contributed by atoms with Crippen LogP contribution in [0.4, 0.5) is 0 Å². The third-order valence-electron chi connectivity index (χ3n) is 2.44. The number of piperidine rings is 1. The summed E-state index contributed by atoms with van der Waals surface area (Å²) >= 11 is 0. The second-order valence-corrected chi connectivity index (χ2v) is 5.44. The third kappa shape index (κ3) is 3.66. The van der Waals surface area contributed by atoms with Crippen molar-refractivity contribution in [1.82, 2.24) is 10.6 Å². The predicted molar refractivity (Wildman–Crippen MR) is 58.0 cm³/mol. The Morgan fingerprint density at radius 2 is 2.00 bits per heavy atom. The van der Waals surface area contributed by atoms with Crippen molar-refractivity contribution in [2.24, 2.45) is 11.8 Å². The monoisotopic (exact) mass is 198 g/mol. The van der Waals surface area contributed by atoms with Crippen molar-refractivity contribution in [2.45, 2.75) is 39.7 Å². The molecule has 1 saturated heterocycles. The van der Waals surface area contributed by atoms with Gasteiger partial charge in [0.2, 0.25) is 5.91 Å². The first-order valence-electron chi connectivity index (χ1n) is 5.41. The summed E-state index contributed by atoms with van der Waals surface area (Å²) < 4.78 is 0. The van der Waals surface area contributed by atoms with Crippen LogP contribution in [0.15, 0.2) is 0 Å². The van der Waals surface area contributed by atoms with E-state index in [1.807, 2.05) is 20.8 Å². The van der Waals surface area contributed by atoms with E-state index in [0.717, 1.165) is 19.5 Å². The first kappa shape index (κ1) is 11.5. The molecule has 82 valence electrons. The molecule has 2 unspecified atom stereocenters. The Morgan fingerprint density at radius 3 is 2.50 bits per heavy atom. The molecule has 0 aliphatic carbocycles. The molecule has 0 spiro atoms. The first-order chi connectivity index (χ1) is 6.38. The number of carbonyl (C=O) groups excluding carboxylic acids is 1. The maximum Gasteiger partial charge on any atom is 0.224 e. The highest BCUT2D eigenvalue weighted by molar-refractivity contribution is 5.79. The Morgan fingerprint density at radius 1 is 1.36 bits per heavy atom. The van der Waals surface area contributed by atoms with E-state index in [1.165, 1.54) is 0 Å². The molecule has 3 heteroatoms. The van der Waals surface area contributed by atoms with Gasteiger partial charge in [-0.3, -0.25) is 4.79 Å². The van der Waals surface area contributed by atoms with Crippen molar-refractivity contribution in [3.63, 3.8) is 0 Å². The molecule has 2 atom stereocenters. The summed E-state index contributed by atoms with van der Waals surface area (Å²) in [6.45, 7) is 10.1. The first-order valence-corrected chi connectivity index (χ1v) is 5.41. The number of amides is 1. The molecule has 1 amide bonds. The molecular weight excluding hydrogens is 176 g/mol. The van der Waals surface area contributed by atoms with Crippen molar-refractivity contribution in [1.29, 1.82) is 0 Å². The van der Waals surface area contributed by atoms with E-state index in [1.54, 1.807) is 0 Å². The lowest BCUT2D eigenvalue weighted by molar-refractivity contribution is -0.127. The number of nitrogens with one attached hydrogen (secondary N) is 2. The van der Waals surface area contributed by atoms with Gasteiger partial charge in [0.1, 0.15) is 0 Å². The summed E-state index contributed by atoms with van der Waals surface area (Å²) in [5.41, 5.74) is -0.113. The quantitative estimate of drug-likeness (QED) is 0.663. The van der Waals surface area contributed by atoms with Gasteiger partial charge in [-0.05, 0) is 39.7 Å². The minimum Gasteiger partial charge on any atom is -0.351 e. The second-order valence-electron chi connectivity index (χ2n) is 5.44. The molecule has 0 saturated carbocycles. The average molecular weight is 198 g/mol. The number of rotatable bonds is 1. The van der Waals surface area contributed by atoms with Gasteiger partial charge in [0, 0.05) is 12.1 Å². The van der Waals surface area contributed by atoms with Crippen molar-refractivity contribution in [3.8, 4) is 0 Å². The lowest BCUT2D eigenvalue weighted by Crippen LogP contribution is -2.49. The van der Waals surface area contributed by atoms with Crippen LogP contribution in [0.1, 0.15) is 34.1 Å². The highest BCUT2D eigenvalue weighted by Crippen LogP contribution is 2.16. The van der Waals surface area contributed by atoms with E-state index in [9.17, 15) is 4.79 Å². The van der Waals surface area contributed by atoms with Crippen LogP contribution in [-0.4, -0.2) is 24.5 Å². The van der Waals surface area contributed by atoms with E-state index in [4.69, 9.17) is 0 Å². The second kappa shape index (κ2) is 4.30. The molecule has 3 nitrogen and oxygen atoms in total. The van der Waals surface area contributed by atoms with Gasteiger partial charge < -0.3 is 10.6 Å². The summed E-state index contributed by atoms with van der Waals surface area (Å²) in [5, 5.41) is 6.32. The van der Waals surface area contributed by atoms with Gasteiger partial charge in [0.15, 0.2) is 0 Å². The summed E-state index contributed by atoms with van der Waals surface area (Å²) in [4.78, 5) is 11.8. The maximum absolute atomic E-state index is 11.8. The molecule has 1 aliphatic rings. The summed E-state index contributed by atoms with van der Waals surface area (Å²) in [7, 11) is 0. The van der Waals surface area contributed by atoms with Crippen LogP contribution in [0.5, 0.6) is 0 Å². The molecule has 0 aromatic carbocycles. The highest BCUT2D eigenvalue weighted by atomic mass is 16.2. The van der Waals surface area contributed by atoms with Gasteiger partial charge >= 0.3 is 0 Å². The lowest BCUT2D eigenvalue weighted by atomic mass is 9.90. The topological polar surface area (TPSA) is 41.1 Å². The van der Waals surface area contributed by atoms with E-state index in [2.05, 4.69) is 17.6 Å². The fraction of sp³-hybridized carbons (Fsp3) is 0.909. The molecule has 1 fully saturated rings. The smallest absolute Gasteiger partial charge is 0.224 e. The summed E-state index contributed by atoms with van der Waals surface area (Å²) in [6.07, 6.45) is 1.01. The molecule has 1 heterocycles. The van der Waals surface area contributed by atoms with Crippen LogP contribution < -0.4 is 10.6 Å². The normalized spacial score (nSPS) is 28.6. The van der Waals surface area contributed by atoms with E-state index in [0.29, 0.717) is 5.92 Å². The van der Waals surface area contributed by atoms with Gasteiger partial charge in [0.25, 0.3) is 0 Å². The van der Waals surface area contributed by atoms with E-state index < -0.39 is 0 Å². The minimum atomic E-state index is -0.113. The Bertz CT molecular complexity index is 208. The lowest BCUT2D eigenvalue weighted by Gasteiger charge is -2.30. The summed E-state index contributed by atoms with van der Waals surface area (Å²) in [6, 6.07) is 0. The van der Waals surface area contributed by atoms with Crippen LogP contribution in [0.2, 0.25) is 0 Å². The number of hydrogen-bond donors (Lipinski definition) is 2. The fourth-order valence-corrected chi connectivity index (χ4v) is 1.83. The van der Waals surface area contributed by atoms with Crippen LogP contribution in [0, 0.1) is 11.8 Å². The van der Waals surface area contributed by atoms with Crippen molar-refractivity contribution in [2.75, 3.05) is 13.1 Å². The highest BCUT2D eigenvalue weighted by Gasteiger charge is 2.26. The van der Waals surface area contributed by atoms with Crippen LogP contribution in [0.3, 0.4) is 0 Å². The number of carbonyl (C=O) groups is 1. The minimum absolute atomic E-state index is 0.113. The van der Waals surface area contributed by atoms with Crippen LogP contribution >= 0.6 is 0 Å². The van der Waals surface area contributed by atoms with Gasteiger partial charge in [0.05, 0.1) is 5.92 Å². The third-order valence-corrected chi connectivity index (χ3v) is 2.44. The molecule has 1 rings (SSSR count). The largest absolute Gasteiger partial charge is 0.351 e. The zero-order valence-electron chi connectivity index (χ0n) is 9.68. The van der Waals surface area contributed by atoms with Gasteiger partial charge in [-0.15, -0.1) is 0 Å². The summed E-state index contributed by atoms with van der Waals surface area (Å²) in [5.74, 6) is 0.953. The van der Waals surface area contributed by atoms with E-state index >= 15 is 0 Å². The Kier molecular flexibility index (Phi) is 3.53. The van der Waals surface area contributed by atoms with Gasteiger partial charge in [-0.1, -0.05) is 6.92 Å². The predicted octanol–water partition coefficient (Wildman–Crippen LogP) is 1.15. The Balaban J connectivity index is 2.44. The molecule has 0 aromatic heterocycles. The average Bonchev–Trinajstić information content (AvgIpc) is 2.01. The Labute approximate surface area is 86.6 Å². The molecule has 14 heavy (non-hydrogen) atoms. The fourth-order valence-electron chi connectivity index (χ4n) is 1.83. The Hall–Kier alpha value is -0.570. The molecule has 2 N–H and O–H groups in total. The van der Waals surface area contributed by atoms with Crippen molar-refractivity contribution in [3.05, 3.63) is 0 Å². The number of hydrogen-bond acceptors (Lipinski definition) is 2. The zero-order chi connectivity index (χ0) is 10.8. The molecule has 0 bridgehead atoms. The zero-order valence-corrected chi connectivity index (χ0v) is 9.68. The van der Waals surface area contributed by atoms with Gasteiger partial charge in [-0.2, -0.15) is 0 Å². The molecule has 0 radical (unpaired) electrons. The van der Waals surface area contributed by atoms with Crippen molar-refractivity contribution < 1.29 is 4.79 Å². The SMILES string of the molecule is CC1CNCC(C(=O)NC(C)(C)C)C1.